The number of nitrogens with one attached hydrogen (secondary N) is 1. The van der Waals surface area contributed by atoms with Crippen LogP contribution in [0.4, 0.5) is 9.52 Å². The molecule has 0 spiro atoms. The maximum absolute atomic E-state index is 13.7. The molecule has 4 rings (SSSR count). The molecule has 1 N–H and O–H groups in total. The molecule has 0 bridgehead atoms. The summed E-state index contributed by atoms with van der Waals surface area (Å²) in [7, 11) is 0. The molecule has 0 radical (unpaired) electrons. The molecule has 4 nitrogen and oxygen atoms in total. The van der Waals surface area contributed by atoms with Crippen LogP contribution in [0.25, 0.3) is 0 Å². The number of halogens is 1. The van der Waals surface area contributed by atoms with Gasteiger partial charge in [-0.15, -0.1) is 11.3 Å². The Kier molecular flexibility index (Phi) is 4.77. The van der Waals surface area contributed by atoms with Crippen molar-refractivity contribution in [3.05, 3.63) is 82.1 Å². The molecular formula is C20H18FN3OS. The van der Waals surface area contributed by atoms with Crippen molar-refractivity contribution < 1.29 is 9.18 Å². The molecular weight excluding hydrogens is 349 g/mol. The van der Waals surface area contributed by atoms with Gasteiger partial charge in [-0.2, -0.15) is 0 Å². The Morgan fingerprint density at radius 1 is 1.15 bits per heavy atom. The molecule has 0 atom stereocenters. The van der Waals surface area contributed by atoms with Gasteiger partial charge in [-0.25, -0.2) is 9.37 Å². The van der Waals surface area contributed by atoms with Crippen molar-refractivity contribution >= 4 is 22.4 Å². The average Bonchev–Trinajstić information content (AvgIpc) is 3.08. The minimum atomic E-state index is -0.534. The van der Waals surface area contributed by atoms with Gasteiger partial charge < -0.3 is 0 Å². The normalized spacial score (nSPS) is 14.0. The molecule has 1 aliphatic heterocycles. The molecule has 0 fully saturated rings. The van der Waals surface area contributed by atoms with Crippen LogP contribution >= 0.6 is 11.3 Å². The minimum absolute atomic E-state index is 0.0249. The molecule has 1 aromatic heterocycles. The molecule has 0 aliphatic carbocycles. The summed E-state index contributed by atoms with van der Waals surface area (Å²) in [5.41, 5.74) is 3.72. The lowest BCUT2D eigenvalue weighted by Gasteiger charge is -2.27. The fourth-order valence-electron chi connectivity index (χ4n) is 3.17. The molecule has 6 heteroatoms. The number of amides is 1. The van der Waals surface area contributed by atoms with E-state index in [0.29, 0.717) is 5.13 Å². The van der Waals surface area contributed by atoms with E-state index in [9.17, 15) is 9.18 Å². The van der Waals surface area contributed by atoms with Gasteiger partial charge >= 0.3 is 0 Å². The van der Waals surface area contributed by atoms with Crippen molar-refractivity contribution in [3.8, 4) is 0 Å². The van der Waals surface area contributed by atoms with Crippen LogP contribution in [0.2, 0.25) is 0 Å². The summed E-state index contributed by atoms with van der Waals surface area (Å²) in [5.74, 6) is -1.01. The molecule has 0 saturated carbocycles. The summed E-state index contributed by atoms with van der Waals surface area (Å²) in [6.07, 6.45) is 1.04. The highest BCUT2D eigenvalue weighted by Crippen LogP contribution is 2.22. The first-order valence-electron chi connectivity index (χ1n) is 8.48. The quantitative estimate of drug-likeness (QED) is 0.755. The van der Waals surface area contributed by atoms with E-state index in [1.54, 1.807) is 12.1 Å². The number of aromatic nitrogens is 1. The Balaban J connectivity index is 1.40. The van der Waals surface area contributed by atoms with Gasteiger partial charge in [-0.1, -0.05) is 36.4 Å². The number of fused-ring (bicyclic) bond motifs is 1. The fourth-order valence-corrected chi connectivity index (χ4v) is 3.86. The minimum Gasteiger partial charge on any atom is -0.298 e. The van der Waals surface area contributed by atoms with Crippen LogP contribution in [0, 0.1) is 5.82 Å². The second kappa shape index (κ2) is 7.35. The molecule has 0 saturated heterocycles. The summed E-state index contributed by atoms with van der Waals surface area (Å²) in [5, 5.41) is 5.12. The Morgan fingerprint density at radius 2 is 1.92 bits per heavy atom. The number of rotatable bonds is 4. The smallest absolute Gasteiger partial charge is 0.260 e. The maximum Gasteiger partial charge on any atom is 0.260 e. The third-order valence-electron chi connectivity index (χ3n) is 4.49. The van der Waals surface area contributed by atoms with Gasteiger partial charge in [-0.3, -0.25) is 15.0 Å². The van der Waals surface area contributed by atoms with E-state index in [-0.39, 0.29) is 5.56 Å². The molecule has 132 valence electrons. The van der Waals surface area contributed by atoms with Crippen molar-refractivity contribution in [3.63, 3.8) is 0 Å². The number of nitrogens with zero attached hydrogens (tertiary/aromatic N) is 2. The van der Waals surface area contributed by atoms with Gasteiger partial charge in [0.05, 0.1) is 11.3 Å². The van der Waals surface area contributed by atoms with Crippen LogP contribution in [0.3, 0.4) is 0 Å². The van der Waals surface area contributed by atoms with Crippen LogP contribution in [0.5, 0.6) is 0 Å². The highest BCUT2D eigenvalue weighted by atomic mass is 32.1. The zero-order chi connectivity index (χ0) is 17.9. The van der Waals surface area contributed by atoms with E-state index in [2.05, 4.69) is 39.5 Å². The van der Waals surface area contributed by atoms with E-state index in [4.69, 9.17) is 0 Å². The molecule has 1 aliphatic rings. The summed E-state index contributed by atoms with van der Waals surface area (Å²) < 4.78 is 13.7. The zero-order valence-electron chi connectivity index (χ0n) is 14.1. The van der Waals surface area contributed by atoms with Crippen molar-refractivity contribution in [2.24, 2.45) is 0 Å². The van der Waals surface area contributed by atoms with Crippen molar-refractivity contribution in [1.82, 2.24) is 9.88 Å². The molecule has 2 aromatic carbocycles. The number of hydrogen-bond donors (Lipinski definition) is 1. The molecule has 1 amide bonds. The van der Waals surface area contributed by atoms with Crippen LogP contribution < -0.4 is 5.32 Å². The summed E-state index contributed by atoms with van der Waals surface area (Å²) in [6.45, 7) is 2.64. The van der Waals surface area contributed by atoms with Gasteiger partial charge in [0.1, 0.15) is 5.82 Å². The highest BCUT2D eigenvalue weighted by Gasteiger charge is 2.18. The summed E-state index contributed by atoms with van der Waals surface area (Å²) >= 11 is 1.36. The van der Waals surface area contributed by atoms with Crippen LogP contribution in [0.1, 0.15) is 27.2 Å². The van der Waals surface area contributed by atoms with Crippen LogP contribution in [0.15, 0.2) is 53.9 Å². The topological polar surface area (TPSA) is 45.2 Å². The zero-order valence-corrected chi connectivity index (χ0v) is 14.9. The van der Waals surface area contributed by atoms with Gasteiger partial charge in [0, 0.05) is 25.0 Å². The Hall–Kier alpha value is -2.57. The van der Waals surface area contributed by atoms with Crippen molar-refractivity contribution in [1.29, 1.82) is 0 Å². The van der Waals surface area contributed by atoms with E-state index in [1.165, 1.54) is 34.6 Å². The van der Waals surface area contributed by atoms with Crippen LogP contribution in [-0.4, -0.2) is 22.3 Å². The second-order valence-corrected chi connectivity index (χ2v) is 7.17. The maximum atomic E-state index is 13.7. The molecule has 0 unspecified atom stereocenters. The Labute approximate surface area is 155 Å². The number of anilines is 1. The average molecular weight is 367 g/mol. The highest BCUT2D eigenvalue weighted by molar-refractivity contribution is 7.13. The lowest BCUT2D eigenvalue weighted by atomic mass is 10.00. The van der Waals surface area contributed by atoms with E-state index < -0.39 is 11.7 Å². The number of benzene rings is 2. The third kappa shape index (κ3) is 3.66. The number of carbonyl (C=O) groups excluding carboxylic acids is 1. The van der Waals surface area contributed by atoms with Gasteiger partial charge in [0.2, 0.25) is 0 Å². The SMILES string of the molecule is O=C(Nc1nc(CN2CCc3ccccc3C2)cs1)c1ccccc1F. The fraction of sp³-hybridized carbons (Fsp3) is 0.200. The summed E-state index contributed by atoms with van der Waals surface area (Å²) in [6, 6.07) is 14.4. The number of carbonyl (C=O) groups is 1. The third-order valence-corrected chi connectivity index (χ3v) is 5.29. The van der Waals surface area contributed by atoms with Gasteiger partial charge in [0.25, 0.3) is 5.91 Å². The first-order valence-corrected chi connectivity index (χ1v) is 9.36. The molecule has 2 heterocycles. The first kappa shape index (κ1) is 16.9. The van der Waals surface area contributed by atoms with Gasteiger partial charge in [0.15, 0.2) is 5.13 Å². The second-order valence-electron chi connectivity index (χ2n) is 6.31. The van der Waals surface area contributed by atoms with Crippen molar-refractivity contribution in [2.75, 3.05) is 11.9 Å². The summed E-state index contributed by atoms with van der Waals surface area (Å²) in [4.78, 5) is 19.0. The Bertz CT molecular complexity index is 940. The molecule has 3 aromatic rings. The predicted molar refractivity (Wildman–Crippen MR) is 101 cm³/mol. The largest absolute Gasteiger partial charge is 0.298 e. The van der Waals surface area contributed by atoms with E-state index >= 15 is 0 Å². The monoisotopic (exact) mass is 367 g/mol. The standard InChI is InChI=1S/C20H18FN3OS/c21-18-8-4-3-7-17(18)19(25)23-20-22-16(13-26-20)12-24-10-9-14-5-1-2-6-15(14)11-24/h1-8,13H,9-12H2,(H,22,23,25). The predicted octanol–water partition coefficient (Wildman–Crippen LogP) is 4.09. The van der Waals surface area contributed by atoms with Gasteiger partial charge in [-0.05, 0) is 29.7 Å². The Morgan fingerprint density at radius 3 is 2.77 bits per heavy atom. The number of thiazole rings is 1. The lowest BCUT2D eigenvalue weighted by Crippen LogP contribution is -2.30. The first-order chi connectivity index (χ1) is 12.7. The lowest BCUT2D eigenvalue weighted by molar-refractivity contribution is 0.102. The van der Waals surface area contributed by atoms with Crippen molar-refractivity contribution in [2.45, 2.75) is 19.5 Å². The van der Waals surface area contributed by atoms with E-state index in [0.717, 1.165) is 31.7 Å². The molecule has 26 heavy (non-hydrogen) atoms. The van der Waals surface area contributed by atoms with Crippen LogP contribution in [-0.2, 0) is 19.5 Å². The van der Waals surface area contributed by atoms with E-state index in [1.807, 2.05) is 5.38 Å². The number of hydrogen-bond acceptors (Lipinski definition) is 4.